The predicted octanol–water partition coefficient (Wildman–Crippen LogP) is 0.603. The smallest absolute Gasteiger partial charge is 0.290 e. The SMILES string of the molecule is COc1cccc(CC2(C(=O)NCCCn3cccn3)CN(S(C)(=O)=O)C2)c1.O=CO. The normalized spacial score (nSPS) is 15.2. The largest absolute Gasteiger partial charge is 0.497 e. The molecule has 1 saturated heterocycles. The van der Waals surface area contributed by atoms with Gasteiger partial charge in [0.2, 0.25) is 15.9 Å². The Labute approximate surface area is 181 Å². The van der Waals surface area contributed by atoms with Crippen LogP contribution in [0.4, 0.5) is 0 Å². The number of sulfonamides is 1. The van der Waals surface area contributed by atoms with E-state index in [1.807, 2.05) is 41.2 Å². The molecule has 0 bridgehead atoms. The molecule has 10 nitrogen and oxygen atoms in total. The molecule has 0 radical (unpaired) electrons. The molecular formula is C20H28N4O6S. The van der Waals surface area contributed by atoms with Crippen LogP contribution in [-0.2, 0) is 32.6 Å². The lowest BCUT2D eigenvalue weighted by Crippen LogP contribution is -2.65. The first-order valence-electron chi connectivity index (χ1n) is 9.66. The molecule has 1 aromatic carbocycles. The van der Waals surface area contributed by atoms with Gasteiger partial charge in [0.15, 0.2) is 0 Å². The van der Waals surface area contributed by atoms with E-state index in [0.717, 1.165) is 12.0 Å². The minimum Gasteiger partial charge on any atom is -0.497 e. The van der Waals surface area contributed by atoms with Crippen LogP contribution in [-0.4, -0.2) is 73.0 Å². The van der Waals surface area contributed by atoms with E-state index < -0.39 is 15.4 Å². The van der Waals surface area contributed by atoms with Crippen LogP contribution in [0.5, 0.6) is 5.75 Å². The molecule has 1 amide bonds. The van der Waals surface area contributed by atoms with Crippen molar-refractivity contribution in [3.63, 3.8) is 0 Å². The van der Waals surface area contributed by atoms with Crippen molar-refractivity contribution in [2.24, 2.45) is 5.41 Å². The van der Waals surface area contributed by atoms with Gasteiger partial charge in [0, 0.05) is 38.6 Å². The number of nitrogens with one attached hydrogen (secondary N) is 1. The number of hydrogen-bond donors (Lipinski definition) is 2. The number of aryl methyl sites for hydroxylation is 1. The van der Waals surface area contributed by atoms with Gasteiger partial charge in [0.25, 0.3) is 6.47 Å². The van der Waals surface area contributed by atoms with E-state index in [1.54, 1.807) is 13.3 Å². The highest BCUT2D eigenvalue weighted by molar-refractivity contribution is 7.88. The molecule has 2 heterocycles. The Kier molecular flexibility index (Phi) is 8.57. The summed E-state index contributed by atoms with van der Waals surface area (Å²) in [6.07, 6.45) is 5.97. The molecule has 0 unspecified atom stereocenters. The molecular weight excluding hydrogens is 424 g/mol. The number of carboxylic acid groups (broad SMARTS) is 1. The van der Waals surface area contributed by atoms with Crippen LogP contribution in [0.1, 0.15) is 12.0 Å². The summed E-state index contributed by atoms with van der Waals surface area (Å²) in [5, 5.41) is 14.0. The lowest BCUT2D eigenvalue weighted by Gasteiger charge is -2.47. The number of methoxy groups -OCH3 is 1. The van der Waals surface area contributed by atoms with E-state index >= 15 is 0 Å². The van der Waals surface area contributed by atoms with E-state index in [0.29, 0.717) is 25.3 Å². The maximum atomic E-state index is 13.0. The zero-order chi connectivity index (χ0) is 22.9. The van der Waals surface area contributed by atoms with E-state index in [2.05, 4.69) is 10.4 Å². The second kappa shape index (κ2) is 10.9. The van der Waals surface area contributed by atoms with Crippen LogP contribution in [0.3, 0.4) is 0 Å². The number of hydrogen-bond acceptors (Lipinski definition) is 6. The Morgan fingerprint density at radius 2 is 2.06 bits per heavy atom. The number of benzene rings is 1. The second-order valence-corrected chi connectivity index (χ2v) is 9.31. The molecule has 0 saturated carbocycles. The maximum absolute atomic E-state index is 13.0. The summed E-state index contributed by atoms with van der Waals surface area (Å²) in [4.78, 5) is 21.3. The van der Waals surface area contributed by atoms with E-state index in [9.17, 15) is 13.2 Å². The van der Waals surface area contributed by atoms with Crippen molar-refractivity contribution >= 4 is 22.4 Å². The monoisotopic (exact) mass is 452 g/mol. The minimum atomic E-state index is -3.31. The highest BCUT2D eigenvalue weighted by atomic mass is 32.2. The number of ether oxygens (including phenoxy) is 1. The van der Waals surface area contributed by atoms with Gasteiger partial charge in [-0.3, -0.25) is 14.3 Å². The van der Waals surface area contributed by atoms with Gasteiger partial charge in [-0.2, -0.15) is 9.40 Å². The van der Waals surface area contributed by atoms with Crippen molar-refractivity contribution in [3.05, 3.63) is 48.3 Å². The molecule has 31 heavy (non-hydrogen) atoms. The fourth-order valence-electron chi connectivity index (χ4n) is 3.44. The van der Waals surface area contributed by atoms with E-state index in [4.69, 9.17) is 14.6 Å². The molecule has 1 fully saturated rings. The van der Waals surface area contributed by atoms with Crippen molar-refractivity contribution < 1.29 is 27.9 Å². The first-order valence-corrected chi connectivity index (χ1v) is 11.5. The summed E-state index contributed by atoms with van der Waals surface area (Å²) >= 11 is 0. The maximum Gasteiger partial charge on any atom is 0.290 e. The Hall–Kier alpha value is -2.92. The third-order valence-electron chi connectivity index (χ3n) is 4.99. The second-order valence-electron chi connectivity index (χ2n) is 7.32. The van der Waals surface area contributed by atoms with Gasteiger partial charge in [0.1, 0.15) is 5.75 Å². The summed E-state index contributed by atoms with van der Waals surface area (Å²) in [6, 6.07) is 9.38. The van der Waals surface area contributed by atoms with Crippen molar-refractivity contribution in [2.75, 3.05) is 33.0 Å². The number of carbonyl (C=O) groups is 2. The highest BCUT2D eigenvalue weighted by Crippen LogP contribution is 2.36. The molecule has 170 valence electrons. The van der Waals surface area contributed by atoms with Crippen LogP contribution in [0, 0.1) is 5.41 Å². The summed E-state index contributed by atoms with van der Waals surface area (Å²) in [5.41, 5.74) is 0.181. The first-order chi connectivity index (χ1) is 14.7. The molecule has 11 heteroatoms. The van der Waals surface area contributed by atoms with Crippen molar-refractivity contribution in [1.29, 1.82) is 0 Å². The van der Waals surface area contributed by atoms with Gasteiger partial charge in [-0.15, -0.1) is 0 Å². The molecule has 2 N–H and O–H groups in total. The predicted molar refractivity (Wildman–Crippen MR) is 114 cm³/mol. The van der Waals surface area contributed by atoms with Gasteiger partial charge >= 0.3 is 0 Å². The summed E-state index contributed by atoms with van der Waals surface area (Å²) in [5.74, 6) is 0.599. The van der Waals surface area contributed by atoms with Gasteiger partial charge in [-0.25, -0.2) is 8.42 Å². The van der Waals surface area contributed by atoms with Crippen LogP contribution in [0.25, 0.3) is 0 Å². The fraction of sp³-hybridized carbons (Fsp3) is 0.450. The number of nitrogens with zero attached hydrogens (tertiary/aromatic N) is 3. The summed E-state index contributed by atoms with van der Waals surface area (Å²) < 4.78 is 32.1. The number of rotatable bonds is 9. The molecule has 1 aliphatic rings. The van der Waals surface area contributed by atoms with E-state index in [1.165, 1.54) is 10.6 Å². The summed E-state index contributed by atoms with van der Waals surface area (Å²) in [7, 11) is -1.72. The molecule has 0 atom stereocenters. The van der Waals surface area contributed by atoms with Gasteiger partial charge in [0.05, 0.1) is 18.8 Å². The van der Waals surface area contributed by atoms with Crippen molar-refractivity contribution in [1.82, 2.24) is 19.4 Å². The quantitative estimate of drug-likeness (QED) is 0.421. The van der Waals surface area contributed by atoms with Crippen molar-refractivity contribution in [2.45, 2.75) is 19.4 Å². The average molecular weight is 453 g/mol. The zero-order valence-electron chi connectivity index (χ0n) is 17.6. The Bertz CT molecular complexity index is 956. The average Bonchev–Trinajstić information content (AvgIpc) is 3.21. The van der Waals surface area contributed by atoms with Crippen LogP contribution in [0.2, 0.25) is 0 Å². The molecule has 0 aliphatic carbocycles. The molecule has 1 aromatic heterocycles. The molecule has 2 aromatic rings. The summed E-state index contributed by atoms with van der Waals surface area (Å²) in [6.45, 7) is 1.35. The molecule has 3 rings (SSSR count). The van der Waals surface area contributed by atoms with Gasteiger partial charge < -0.3 is 15.2 Å². The lowest BCUT2D eigenvalue weighted by atomic mass is 9.75. The number of aromatic nitrogens is 2. The lowest BCUT2D eigenvalue weighted by molar-refractivity contribution is -0.137. The zero-order valence-corrected chi connectivity index (χ0v) is 18.4. The third-order valence-corrected chi connectivity index (χ3v) is 6.19. The van der Waals surface area contributed by atoms with Crippen LogP contribution in [0.15, 0.2) is 42.7 Å². The van der Waals surface area contributed by atoms with Gasteiger partial charge in [-0.05, 0) is 36.6 Å². The Morgan fingerprint density at radius 3 is 2.65 bits per heavy atom. The standard InChI is InChI=1S/C19H26N4O4S.CH2O2/c1-27-17-7-3-6-16(12-17)13-19(14-23(15-19)28(2,25)26)18(24)20-8-4-10-22-11-5-9-21-22;2-1-3/h3,5-7,9,11-12H,4,8,10,13-15H2,1-2H3,(H,20,24);1H,(H,2,3). The topological polar surface area (TPSA) is 131 Å². The fourth-order valence-corrected chi connectivity index (χ4v) is 4.40. The van der Waals surface area contributed by atoms with Crippen LogP contribution >= 0.6 is 0 Å². The molecule has 1 aliphatic heterocycles. The van der Waals surface area contributed by atoms with Crippen molar-refractivity contribution in [3.8, 4) is 5.75 Å². The Balaban J connectivity index is 0.00000107. The number of amides is 1. The Morgan fingerprint density at radius 1 is 1.35 bits per heavy atom. The first kappa shape index (κ1) is 24.4. The third kappa shape index (κ3) is 6.79. The number of carbonyl (C=O) groups excluding carboxylic acids is 1. The highest BCUT2D eigenvalue weighted by Gasteiger charge is 2.52. The van der Waals surface area contributed by atoms with E-state index in [-0.39, 0.29) is 25.5 Å². The van der Waals surface area contributed by atoms with Gasteiger partial charge in [-0.1, -0.05) is 12.1 Å². The molecule has 0 spiro atoms. The van der Waals surface area contributed by atoms with Crippen LogP contribution < -0.4 is 10.1 Å². The minimum absolute atomic E-state index is 0.115.